The number of rotatable bonds is 5. The maximum absolute atomic E-state index is 13.7. The Kier molecular flexibility index (Phi) is 6.72. The molecule has 0 radical (unpaired) electrons. The number of amides is 1. The van der Waals surface area contributed by atoms with Crippen molar-refractivity contribution < 1.29 is 14.3 Å². The lowest BCUT2D eigenvalue weighted by Gasteiger charge is -2.40. The van der Waals surface area contributed by atoms with E-state index in [2.05, 4.69) is 22.0 Å². The highest BCUT2D eigenvalue weighted by Crippen LogP contribution is 2.41. The molecule has 1 unspecified atom stereocenters. The molecular weight excluding hydrogens is 528 g/mol. The van der Waals surface area contributed by atoms with E-state index in [4.69, 9.17) is 4.74 Å². The Morgan fingerprint density at radius 3 is 2.16 bits per heavy atom. The topological polar surface area (TPSA) is 70.4 Å². The van der Waals surface area contributed by atoms with Crippen molar-refractivity contribution in [3.63, 3.8) is 0 Å². The van der Waals surface area contributed by atoms with E-state index in [0.29, 0.717) is 22.4 Å². The minimum absolute atomic E-state index is 0.239. The van der Waals surface area contributed by atoms with Gasteiger partial charge in [-0.05, 0) is 65.7 Å². The van der Waals surface area contributed by atoms with Gasteiger partial charge in [0.2, 0.25) is 0 Å². The van der Waals surface area contributed by atoms with Gasteiger partial charge in [0.25, 0.3) is 5.91 Å². The number of ether oxygens (including phenoxy) is 1. The van der Waals surface area contributed by atoms with Crippen molar-refractivity contribution in [2.45, 2.75) is 12.0 Å². The maximum atomic E-state index is 13.7. The molecule has 1 aliphatic rings. The number of nitrogens with zero attached hydrogens (tertiary/aromatic N) is 2. The fourth-order valence-corrected chi connectivity index (χ4v) is 4.71. The van der Waals surface area contributed by atoms with Crippen LogP contribution in [0.2, 0.25) is 0 Å². The predicted molar refractivity (Wildman–Crippen MR) is 145 cm³/mol. The molecule has 4 aromatic rings. The number of hydrogen-bond acceptors (Lipinski definition) is 4. The van der Waals surface area contributed by atoms with Crippen LogP contribution in [0.1, 0.15) is 37.4 Å². The largest absolute Gasteiger partial charge is 0.423 e. The van der Waals surface area contributed by atoms with Crippen LogP contribution in [0.5, 0.6) is 5.75 Å². The first kappa shape index (κ1) is 24.2. The number of hydrogen-bond donors (Lipinski definition) is 0. The summed E-state index contributed by atoms with van der Waals surface area (Å²) in [6.07, 6.45) is 3.70. The first-order valence-electron chi connectivity index (χ1n) is 11.6. The van der Waals surface area contributed by atoms with Gasteiger partial charge in [0.05, 0.1) is 11.6 Å². The Bertz CT molecular complexity index is 1530. The molecule has 37 heavy (non-hydrogen) atoms. The van der Waals surface area contributed by atoms with Gasteiger partial charge in [-0.15, -0.1) is 0 Å². The van der Waals surface area contributed by atoms with Crippen LogP contribution in [0, 0.1) is 11.3 Å². The van der Waals surface area contributed by atoms with Crippen LogP contribution in [0.3, 0.4) is 0 Å². The summed E-state index contributed by atoms with van der Waals surface area (Å²) in [6.45, 7) is 0. The lowest BCUT2D eigenvalue weighted by Crippen LogP contribution is -2.49. The average molecular weight is 549 g/mol. The van der Waals surface area contributed by atoms with Crippen LogP contribution < -0.4 is 4.74 Å². The Labute approximate surface area is 223 Å². The second-order valence-electron chi connectivity index (χ2n) is 8.64. The molecule has 5 nitrogen and oxygen atoms in total. The molecule has 0 saturated carbocycles. The van der Waals surface area contributed by atoms with Gasteiger partial charge in [0, 0.05) is 28.2 Å². The molecule has 180 valence electrons. The fraction of sp³-hybridized carbons (Fsp3) is 0.0645. The van der Waals surface area contributed by atoms with E-state index in [-0.39, 0.29) is 12.3 Å². The fourth-order valence-electron chi connectivity index (χ4n) is 4.45. The Hall–Kier alpha value is -4.47. The van der Waals surface area contributed by atoms with Crippen LogP contribution in [0.25, 0.3) is 6.08 Å². The third kappa shape index (κ3) is 4.82. The highest BCUT2D eigenvalue weighted by atomic mass is 79.9. The summed E-state index contributed by atoms with van der Waals surface area (Å²) in [5, 5.41) is 10.7. The molecular formula is C31H21BrN2O3. The number of fused-ring (bicyclic) bond motifs is 1. The van der Waals surface area contributed by atoms with E-state index < -0.39 is 11.5 Å². The molecule has 0 N–H and O–H groups in total. The lowest BCUT2D eigenvalue weighted by atomic mass is 9.78. The molecule has 5 rings (SSSR count). The van der Waals surface area contributed by atoms with E-state index >= 15 is 0 Å². The first-order valence-corrected chi connectivity index (χ1v) is 12.4. The smallest absolute Gasteiger partial charge is 0.343 e. The van der Waals surface area contributed by atoms with Crippen LogP contribution in [0.4, 0.5) is 0 Å². The minimum atomic E-state index is -1.37. The van der Waals surface area contributed by atoms with E-state index in [0.717, 1.165) is 15.6 Å². The van der Waals surface area contributed by atoms with Crippen LogP contribution in [0.15, 0.2) is 114 Å². The molecule has 1 aliphatic heterocycles. The summed E-state index contributed by atoms with van der Waals surface area (Å²) in [4.78, 5) is 27.9. The maximum Gasteiger partial charge on any atom is 0.343 e. The summed E-state index contributed by atoms with van der Waals surface area (Å²) < 4.78 is 6.58. The quantitative estimate of drug-likeness (QED) is 0.204. The molecule has 1 amide bonds. The van der Waals surface area contributed by atoms with Crippen molar-refractivity contribution >= 4 is 33.9 Å². The monoisotopic (exact) mass is 548 g/mol. The van der Waals surface area contributed by atoms with Gasteiger partial charge in [-0.3, -0.25) is 9.69 Å². The molecule has 1 atom stereocenters. The predicted octanol–water partition coefficient (Wildman–Crippen LogP) is 6.76. The summed E-state index contributed by atoms with van der Waals surface area (Å²) in [6, 6.07) is 32.9. The Morgan fingerprint density at radius 2 is 1.51 bits per heavy atom. The molecule has 4 aromatic carbocycles. The van der Waals surface area contributed by atoms with E-state index in [1.54, 1.807) is 79.0 Å². The van der Waals surface area contributed by atoms with Crippen molar-refractivity contribution in [1.82, 2.24) is 4.90 Å². The van der Waals surface area contributed by atoms with Gasteiger partial charge < -0.3 is 4.74 Å². The zero-order valence-electron chi connectivity index (χ0n) is 19.7. The van der Waals surface area contributed by atoms with Crippen molar-refractivity contribution in [3.05, 3.63) is 142 Å². The molecule has 0 bridgehead atoms. The SMILES string of the molecule is N#CC1(Cc2ccc(Br)cc2)c2cc(OC(=O)c3ccccc3)ccc2C=CN1C(=O)c1ccccc1. The van der Waals surface area contributed by atoms with Crippen LogP contribution in [-0.2, 0) is 12.0 Å². The molecule has 0 aromatic heterocycles. The van der Waals surface area contributed by atoms with E-state index in [1.807, 2.05) is 36.4 Å². The van der Waals surface area contributed by atoms with Crippen molar-refractivity contribution in [1.29, 1.82) is 5.26 Å². The first-order chi connectivity index (χ1) is 18.0. The lowest BCUT2D eigenvalue weighted by molar-refractivity contribution is 0.0689. The zero-order chi connectivity index (χ0) is 25.8. The Morgan fingerprint density at radius 1 is 0.865 bits per heavy atom. The summed E-state index contributed by atoms with van der Waals surface area (Å²) >= 11 is 3.46. The van der Waals surface area contributed by atoms with Crippen molar-refractivity contribution in [3.8, 4) is 11.8 Å². The standard InChI is InChI=1S/C31H21BrN2O3/c32-26-14-11-22(12-15-26)20-31(21-33)28-19-27(37-30(36)25-9-5-2-6-10-25)16-13-23(28)17-18-34(31)29(35)24-7-3-1-4-8-24/h1-19H,20H2. The second kappa shape index (κ2) is 10.3. The third-order valence-electron chi connectivity index (χ3n) is 6.30. The molecule has 0 aliphatic carbocycles. The summed E-state index contributed by atoms with van der Waals surface area (Å²) in [5.41, 5.74) is 1.75. The Balaban J connectivity index is 1.60. The average Bonchev–Trinajstić information content (AvgIpc) is 2.95. The normalized spacial score (nSPS) is 15.9. The summed E-state index contributed by atoms with van der Waals surface area (Å²) in [5.74, 6) is -0.502. The number of esters is 1. The highest BCUT2D eigenvalue weighted by Gasteiger charge is 2.45. The van der Waals surface area contributed by atoms with Crippen molar-refractivity contribution in [2.24, 2.45) is 0 Å². The minimum Gasteiger partial charge on any atom is -0.423 e. The van der Waals surface area contributed by atoms with Gasteiger partial charge in [-0.2, -0.15) is 5.26 Å². The summed E-state index contributed by atoms with van der Waals surface area (Å²) in [7, 11) is 0. The number of benzene rings is 4. The molecule has 1 heterocycles. The third-order valence-corrected chi connectivity index (χ3v) is 6.83. The molecule has 0 fully saturated rings. The van der Waals surface area contributed by atoms with Gasteiger partial charge in [0.1, 0.15) is 5.75 Å². The number of nitriles is 1. The second-order valence-corrected chi connectivity index (χ2v) is 9.55. The van der Waals surface area contributed by atoms with Crippen LogP contribution in [-0.4, -0.2) is 16.8 Å². The van der Waals surface area contributed by atoms with E-state index in [9.17, 15) is 14.9 Å². The van der Waals surface area contributed by atoms with Gasteiger partial charge in [-0.1, -0.05) is 70.5 Å². The highest BCUT2D eigenvalue weighted by molar-refractivity contribution is 9.10. The molecule has 0 spiro atoms. The zero-order valence-corrected chi connectivity index (χ0v) is 21.3. The van der Waals surface area contributed by atoms with Gasteiger partial charge in [0.15, 0.2) is 5.54 Å². The number of halogens is 1. The van der Waals surface area contributed by atoms with E-state index in [1.165, 1.54) is 4.90 Å². The van der Waals surface area contributed by atoms with Gasteiger partial charge in [-0.25, -0.2) is 4.79 Å². The van der Waals surface area contributed by atoms with Crippen LogP contribution >= 0.6 is 15.9 Å². The van der Waals surface area contributed by atoms with Gasteiger partial charge >= 0.3 is 5.97 Å². The number of carbonyl (C=O) groups is 2. The van der Waals surface area contributed by atoms with Crippen molar-refractivity contribution in [2.75, 3.05) is 0 Å². The number of carbonyl (C=O) groups excluding carboxylic acids is 2. The molecule has 0 saturated heterocycles. The molecule has 6 heteroatoms.